The summed E-state index contributed by atoms with van der Waals surface area (Å²) >= 11 is 0. The molecule has 1 aliphatic rings. The summed E-state index contributed by atoms with van der Waals surface area (Å²) in [6.45, 7) is 4.45. The zero-order valence-electron chi connectivity index (χ0n) is 9.73. The molecule has 1 heterocycles. The summed E-state index contributed by atoms with van der Waals surface area (Å²) in [5.41, 5.74) is 0.981. The van der Waals surface area contributed by atoms with Crippen LogP contribution in [-0.4, -0.2) is 6.04 Å². The number of benzene rings is 1. The topological polar surface area (TPSA) is 25.2 Å². The van der Waals surface area contributed by atoms with E-state index in [1.54, 1.807) is 0 Å². The lowest BCUT2D eigenvalue weighted by Crippen LogP contribution is -2.21. The largest absolute Gasteiger partial charge is 0.459 e. The lowest BCUT2D eigenvalue weighted by molar-refractivity contribution is 0.443. The molecule has 0 bridgehead atoms. The number of nitrogens with one attached hydrogen (secondary N) is 1. The van der Waals surface area contributed by atoms with E-state index in [9.17, 15) is 0 Å². The monoisotopic (exact) mass is 215 g/mol. The first-order valence-corrected chi connectivity index (χ1v) is 5.98. The van der Waals surface area contributed by atoms with Gasteiger partial charge in [-0.05, 0) is 31.4 Å². The van der Waals surface area contributed by atoms with Crippen molar-refractivity contribution in [2.24, 2.45) is 5.92 Å². The Bertz CT molecular complexity index is 469. The first kappa shape index (κ1) is 9.91. The van der Waals surface area contributed by atoms with Crippen LogP contribution >= 0.6 is 0 Å². The van der Waals surface area contributed by atoms with Crippen molar-refractivity contribution in [1.29, 1.82) is 0 Å². The molecule has 2 aromatic rings. The number of para-hydroxylation sites is 1. The summed E-state index contributed by atoms with van der Waals surface area (Å²) in [7, 11) is 0. The SMILES string of the molecule is CC(NC1CC1C)c1cc2ccccc2o1. The van der Waals surface area contributed by atoms with Crippen LogP contribution < -0.4 is 5.32 Å². The van der Waals surface area contributed by atoms with Crippen molar-refractivity contribution in [3.63, 3.8) is 0 Å². The molecule has 0 saturated heterocycles. The molecule has 1 fully saturated rings. The highest BCUT2D eigenvalue weighted by Crippen LogP contribution is 2.32. The number of rotatable bonds is 3. The second kappa shape index (κ2) is 3.63. The van der Waals surface area contributed by atoms with Gasteiger partial charge in [-0.25, -0.2) is 0 Å². The molecule has 0 radical (unpaired) electrons. The minimum absolute atomic E-state index is 0.308. The Kier molecular flexibility index (Phi) is 2.25. The van der Waals surface area contributed by atoms with Gasteiger partial charge >= 0.3 is 0 Å². The highest BCUT2D eigenvalue weighted by Gasteiger charge is 2.33. The molecule has 16 heavy (non-hydrogen) atoms. The van der Waals surface area contributed by atoms with Crippen molar-refractivity contribution in [2.45, 2.75) is 32.4 Å². The molecular formula is C14H17NO. The van der Waals surface area contributed by atoms with E-state index >= 15 is 0 Å². The van der Waals surface area contributed by atoms with Crippen LogP contribution in [0.3, 0.4) is 0 Å². The molecule has 1 aromatic heterocycles. The number of furan rings is 1. The lowest BCUT2D eigenvalue weighted by atomic mass is 10.2. The first-order chi connectivity index (χ1) is 7.74. The van der Waals surface area contributed by atoms with Crippen LogP contribution in [0.25, 0.3) is 11.0 Å². The molecule has 84 valence electrons. The van der Waals surface area contributed by atoms with E-state index in [1.807, 2.05) is 18.2 Å². The Morgan fingerprint density at radius 1 is 1.38 bits per heavy atom. The van der Waals surface area contributed by atoms with Gasteiger partial charge in [0.1, 0.15) is 11.3 Å². The van der Waals surface area contributed by atoms with Crippen molar-refractivity contribution < 1.29 is 4.42 Å². The Balaban J connectivity index is 1.82. The summed E-state index contributed by atoms with van der Waals surface area (Å²) in [4.78, 5) is 0. The van der Waals surface area contributed by atoms with Gasteiger partial charge in [-0.15, -0.1) is 0 Å². The Morgan fingerprint density at radius 2 is 2.12 bits per heavy atom. The van der Waals surface area contributed by atoms with Crippen molar-refractivity contribution in [3.05, 3.63) is 36.1 Å². The molecule has 2 heteroatoms. The van der Waals surface area contributed by atoms with Gasteiger partial charge in [-0.3, -0.25) is 0 Å². The molecule has 1 aliphatic carbocycles. The highest BCUT2D eigenvalue weighted by molar-refractivity contribution is 5.77. The summed E-state index contributed by atoms with van der Waals surface area (Å²) in [5.74, 6) is 1.87. The van der Waals surface area contributed by atoms with E-state index in [-0.39, 0.29) is 0 Å². The Labute approximate surface area is 95.6 Å². The zero-order chi connectivity index (χ0) is 11.1. The lowest BCUT2D eigenvalue weighted by Gasteiger charge is -2.09. The van der Waals surface area contributed by atoms with E-state index in [0.29, 0.717) is 12.1 Å². The Hall–Kier alpha value is -1.28. The predicted octanol–water partition coefficient (Wildman–Crippen LogP) is 3.49. The van der Waals surface area contributed by atoms with Gasteiger partial charge in [0, 0.05) is 11.4 Å². The standard InChI is InChI=1S/C14H17NO/c1-9-7-12(9)15-10(2)14-8-11-5-3-4-6-13(11)16-14/h3-6,8-10,12,15H,7H2,1-2H3. The van der Waals surface area contributed by atoms with Crippen molar-refractivity contribution in [1.82, 2.24) is 5.32 Å². The maximum Gasteiger partial charge on any atom is 0.134 e. The van der Waals surface area contributed by atoms with E-state index in [0.717, 1.165) is 17.3 Å². The predicted molar refractivity (Wildman–Crippen MR) is 65.3 cm³/mol. The van der Waals surface area contributed by atoms with Gasteiger partial charge in [-0.1, -0.05) is 25.1 Å². The number of hydrogen-bond donors (Lipinski definition) is 1. The molecule has 1 aromatic carbocycles. The molecule has 1 saturated carbocycles. The fourth-order valence-electron chi connectivity index (χ4n) is 2.17. The van der Waals surface area contributed by atoms with Gasteiger partial charge in [0.25, 0.3) is 0 Å². The summed E-state index contributed by atoms with van der Waals surface area (Å²) in [6, 6.07) is 11.3. The van der Waals surface area contributed by atoms with E-state index < -0.39 is 0 Å². The van der Waals surface area contributed by atoms with Crippen molar-refractivity contribution >= 4 is 11.0 Å². The molecule has 1 N–H and O–H groups in total. The summed E-state index contributed by atoms with van der Waals surface area (Å²) in [6.07, 6.45) is 1.30. The summed E-state index contributed by atoms with van der Waals surface area (Å²) < 4.78 is 5.83. The van der Waals surface area contributed by atoms with Crippen LogP contribution in [0.4, 0.5) is 0 Å². The molecular weight excluding hydrogens is 198 g/mol. The average molecular weight is 215 g/mol. The van der Waals surface area contributed by atoms with Gasteiger partial charge in [0.15, 0.2) is 0 Å². The van der Waals surface area contributed by atoms with Gasteiger partial charge < -0.3 is 9.73 Å². The maximum atomic E-state index is 5.83. The van der Waals surface area contributed by atoms with Crippen LogP contribution in [0.2, 0.25) is 0 Å². The molecule has 3 rings (SSSR count). The zero-order valence-corrected chi connectivity index (χ0v) is 9.73. The van der Waals surface area contributed by atoms with Crippen LogP contribution in [0, 0.1) is 5.92 Å². The van der Waals surface area contributed by atoms with Crippen LogP contribution in [0.1, 0.15) is 32.1 Å². The maximum absolute atomic E-state index is 5.83. The first-order valence-electron chi connectivity index (χ1n) is 5.98. The van der Waals surface area contributed by atoms with E-state index in [1.165, 1.54) is 11.8 Å². The van der Waals surface area contributed by atoms with Crippen molar-refractivity contribution in [2.75, 3.05) is 0 Å². The third kappa shape index (κ3) is 1.74. The molecule has 0 aliphatic heterocycles. The number of hydrogen-bond acceptors (Lipinski definition) is 2. The molecule has 0 amide bonds. The third-order valence-corrected chi connectivity index (χ3v) is 3.44. The minimum atomic E-state index is 0.308. The fourth-order valence-corrected chi connectivity index (χ4v) is 2.17. The van der Waals surface area contributed by atoms with E-state index in [2.05, 4.69) is 31.3 Å². The third-order valence-electron chi connectivity index (χ3n) is 3.44. The van der Waals surface area contributed by atoms with Gasteiger partial charge in [0.05, 0.1) is 6.04 Å². The normalized spacial score (nSPS) is 25.9. The highest BCUT2D eigenvalue weighted by atomic mass is 16.3. The fraction of sp³-hybridized carbons (Fsp3) is 0.429. The van der Waals surface area contributed by atoms with Crippen LogP contribution in [0.5, 0.6) is 0 Å². The van der Waals surface area contributed by atoms with Gasteiger partial charge in [0.2, 0.25) is 0 Å². The van der Waals surface area contributed by atoms with Crippen molar-refractivity contribution in [3.8, 4) is 0 Å². The molecule has 3 unspecified atom stereocenters. The van der Waals surface area contributed by atoms with Crippen LogP contribution in [0.15, 0.2) is 34.7 Å². The molecule has 0 spiro atoms. The number of fused-ring (bicyclic) bond motifs is 1. The summed E-state index contributed by atoms with van der Waals surface area (Å²) in [5, 5.41) is 4.78. The molecule has 2 nitrogen and oxygen atoms in total. The molecule has 3 atom stereocenters. The smallest absolute Gasteiger partial charge is 0.134 e. The minimum Gasteiger partial charge on any atom is -0.459 e. The Morgan fingerprint density at radius 3 is 2.81 bits per heavy atom. The van der Waals surface area contributed by atoms with Gasteiger partial charge in [-0.2, -0.15) is 0 Å². The second-order valence-corrected chi connectivity index (χ2v) is 4.89. The van der Waals surface area contributed by atoms with E-state index in [4.69, 9.17) is 4.42 Å². The second-order valence-electron chi connectivity index (χ2n) is 4.89. The quantitative estimate of drug-likeness (QED) is 0.847. The average Bonchev–Trinajstić information content (AvgIpc) is 2.82. The van der Waals surface area contributed by atoms with Crippen LogP contribution in [-0.2, 0) is 0 Å².